The second kappa shape index (κ2) is 5.98. The molecule has 1 aromatic rings. The van der Waals surface area contributed by atoms with Crippen LogP contribution in [0.4, 0.5) is 5.82 Å². The molecule has 1 saturated heterocycles. The molecule has 0 aliphatic carbocycles. The summed E-state index contributed by atoms with van der Waals surface area (Å²) in [6.07, 6.45) is 4.16. The Labute approximate surface area is 102 Å². The Kier molecular flexibility index (Phi) is 4.34. The summed E-state index contributed by atoms with van der Waals surface area (Å²) in [6.45, 7) is 4.62. The minimum Gasteiger partial charge on any atom is -0.394 e. The molecule has 0 unspecified atom stereocenters. The Morgan fingerprint density at radius 3 is 2.88 bits per heavy atom. The average Bonchev–Trinajstić information content (AvgIpc) is 2.38. The molecule has 1 aromatic heterocycles. The molecule has 1 fully saturated rings. The highest BCUT2D eigenvalue weighted by Gasteiger charge is 2.21. The Balaban J connectivity index is 1.89. The lowest BCUT2D eigenvalue weighted by Crippen LogP contribution is -2.38. The van der Waals surface area contributed by atoms with Crippen LogP contribution in [-0.4, -0.2) is 42.5 Å². The molecule has 1 N–H and O–H groups in total. The van der Waals surface area contributed by atoms with Gasteiger partial charge in [-0.3, -0.25) is 0 Å². The summed E-state index contributed by atoms with van der Waals surface area (Å²) in [6, 6.07) is 4.06. The number of pyridine rings is 1. The molecular formula is C13H20N2O2. The topological polar surface area (TPSA) is 45.6 Å². The monoisotopic (exact) mass is 236 g/mol. The number of anilines is 1. The van der Waals surface area contributed by atoms with Gasteiger partial charge in [0.25, 0.3) is 0 Å². The lowest BCUT2D eigenvalue weighted by Gasteiger charge is -2.33. The van der Waals surface area contributed by atoms with Gasteiger partial charge in [-0.2, -0.15) is 0 Å². The second-order valence-electron chi connectivity index (χ2n) is 4.42. The first-order chi connectivity index (χ1) is 8.31. The zero-order chi connectivity index (χ0) is 12.1. The van der Waals surface area contributed by atoms with Gasteiger partial charge < -0.3 is 14.7 Å². The molecule has 4 nitrogen and oxygen atoms in total. The summed E-state index contributed by atoms with van der Waals surface area (Å²) in [5.74, 6) is 1.09. The lowest BCUT2D eigenvalue weighted by molar-refractivity contribution is 0.0158. The smallest absolute Gasteiger partial charge is 0.131 e. The van der Waals surface area contributed by atoms with E-state index in [0.29, 0.717) is 12.7 Å². The highest BCUT2D eigenvalue weighted by molar-refractivity contribution is 5.46. The quantitative estimate of drug-likeness (QED) is 0.857. The number of ether oxygens (including phenoxy) is 1. The van der Waals surface area contributed by atoms with E-state index in [1.54, 1.807) is 0 Å². The van der Waals surface area contributed by atoms with Crippen LogP contribution in [0.25, 0.3) is 0 Å². The predicted molar refractivity (Wildman–Crippen MR) is 67.2 cm³/mol. The van der Waals surface area contributed by atoms with Gasteiger partial charge in [-0.1, -0.05) is 6.07 Å². The minimum absolute atomic E-state index is 0.111. The van der Waals surface area contributed by atoms with Gasteiger partial charge in [0.05, 0.1) is 19.3 Å². The Morgan fingerprint density at radius 2 is 2.24 bits per heavy atom. The fraction of sp³-hybridized carbons (Fsp3) is 0.615. The first kappa shape index (κ1) is 12.3. The Morgan fingerprint density at radius 1 is 1.47 bits per heavy atom. The van der Waals surface area contributed by atoms with Crippen LogP contribution < -0.4 is 4.90 Å². The van der Waals surface area contributed by atoms with Crippen molar-refractivity contribution in [1.29, 1.82) is 0 Å². The van der Waals surface area contributed by atoms with Crippen molar-refractivity contribution in [3.8, 4) is 0 Å². The average molecular weight is 236 g/mol. The van der Waals surface area contributed by atoms with Crippen molar-refractivity contribution < 1.29 is 9.84 Å². The molecule has 1 aliphatic rings. The summed E-state index contributed by atoms with van der Waals surface area (Å²) in [4.78, 5) is 6.75. The maximum absolute atomic E-state index is 8.72. The molecule has 0 radical (unpaired) electrons. The highest BCUT2D eigenvalue weighted by Crippen LogP contribution is 2.22. The van der Waals surface area contributed by atoms with Gasteiger partial charge in [-0.25, -0.2) is 4.98 Å². The van der Waals surface area contributed by atoms with Crippen molar-refractivity contribution >= 4 is 5.82 Å². The number of nitrogens with zero attached hydrogens (tertiary/aromatic N) is 2. The summed E-state index contributed by atoms with van der Waals surface area (Å²) in [5, 5.41) is 8.72. The van der Waals surface area contributed by atoms with Crippen molar-refractivity contribution in [2.24, 2.45) is 0 Å². The summed E-state index contributed by atoms with van der Waals surface area (Å²) in [5.41, 5.74) is 1.22. The first-order valence-electron chi connectivity index (χ1n) is 6.20. The van der Waals surface area contributed by atoms with Crippen LogP contribution in [0.1, 0.15) is 18.4 Å². The third-order valence-corrected chi connectivity index (χ3v) is 3.17. The summed E-state index contributed by atoms with van der Waals surface area (Å²) < 4.78 is 5.55. The van der Waals surface area contributed by atoms with Crippen LogP contribution in [0.15, 0.2) is 18.3 Å². The van der Waals surface area contributed by atoms with Crippen molar-refractivity contribution in [2.75, 3.05) is 31.2 Å². The third-order valence-electron chi connectivity index (χ3n) is 3.17. The number of aliphatic hydroxyl groups is 1. The van der Waals surface area contributed by atoms with E-state index in [1.165, 1.54) is 5.56 Å². The van der Waals surface area contributed by atoms with Crippen molar-refractivity contribution in [1.82, 2.24) is 4.98 Å². The first-order valence-corrected chi connectivity index (χ1v) is 6.20. The molecule has 2 heterocycles. The molecule has 94 valence electrons. The van der Waals surface area contributed by atoms with Gasteiger partial charge in [0, 0.05) is 19.3 Å². The van der Waals surface area contributed by atoms with E-state index in [4.69, 9.17) is 9.84 Å². The standard InChI is InChI=1S/C13H20N2O2/c1-11-3-2-6-14-13(11)15-7-4-12(5-8-15)17-10-9-16/h2-3,6,12,16H,4-5,7-10H2,1H3. The Hall–Kier alpha value is -1.13. The van der Waals surface area contributed by atoms with Gasteiger partial charge in [0.15, 0.2) is 0 Å². The van der Waals surface area contributed by atoms with Crippen LogP contribution in [-0.2, 0) is 4.74 Å². The van der Waals surface area contributed by atoms with E-state index in [1.807, 2.05) is 12.3 Å². The Bertz CT molecular complexity index is 349. The number of aromatic nitrogens is 1. The van der Waals surface area contributed by atoms with Gasteiger partial charge in [0.2, 0.25) is 0 Å². The van der Waals surface area contributed by atoms with Crippen LogP contribution in [0.2, 0.25) is 0 Å². The molecule has 0 atom stereocenters. The van der Waals surface area contributed by atoms with Crippen LogP contribution in [0, 0.1) is 6.92 Å². The van der Waals surface area contributed by atoms with Gasteiger partial charge in [-0.05, 0) is 31.4 Å². The number of aliphatic hydroxyl groups excluding tert-OH is 1. The number of aryl methyl sites for hydroxylation is 1. The minimum atomic E-state index is 0.111. The van der Waals surface area contributed by atoms with E-state index in [0.717, 1.165) is 31.7 Å². The number of rotatable bonds is 4. The molecule has 4 heteroatoms. The molecule has 2 rings (SSSR count). The molecule has 0 saturated carbocycles. The maximum Gasteiger partial charge on any atom is 0.131 e. The largest absolute Gasteiger partial charge is 0.394 e. The van der Waals surface area contributed by atoms with E-state index in [2.05, 4.69) is 22.9 Å². The van der Waals surface area contributed by atoms with Crippen molar-refractivity contribution in [3.63, 3.8) is 0 Å². The molecule has 0 amide bonds. The zero-order valence-corrected chi connectivity index (χ0v) is 10.3. The van der Waals surface area contributed by atoms with E-state index < -0.39 is 0 Å². The summed E-state index contributed by atoms with van der Waals surface area (Å²) >= 11 is 0. The maximum atomic E-state index is 8.72. The van der Waals surface area contributed by atoms with Gasteiger partial charge in [0.1, 0.15) is 5.82 Å². The van der Waals surface area contributed by atoms with Crippen molar-refractivity contribution in [2.45, 2.75) is 25.9 Å². The molecule has 0 bridgehead atoms. The van der Waals surface area contributed by atoms with Crippen LogP contribution in [0.5, 0.6) is 0 Å². The van der Waals surface area contributed by atoms with E-state index >= 15 is 0 Å². The number of hydrogen-bond acceptors (Lipinski definition) is 4. The van der Waals surface area contributed by atoms with Gasteiger partial charge >= 0.3 is 0 Å². The molecular weight excluding hydrogens is 216 g/mol. The normalized spacial score (nSPS) is 17.4. The highest BCUT2D eigenvalue weighted by atomic mass is 16.5. The van der Waals surface area contributed by atoms with Crippen LogP contribution >= 0.6 is 0 Å². The number of hydrogen-bond donors (Lipinski definition) is 1. The molecule has 0 aromatic carbocycles. The summed E-state index contributed by atoms with van der Waals surface area (Å²) in [7, 11) is 0. The fourth-order valence-corrected chi connectivity index (χ4v) is 2.26. The molecule has 0 spiro atoms. The van der Waals surface area contributed by atoms with E-state index in [-0.39, 0.29) is 6.61 Å². The van der Waals surface area contributed by atoms with Gasteiger partial charge in [-0.15, -0.1) is 0 Å². The fourth-order valence-electron chi connectivity index (χ4n) is 2.26. The third kappa shape index (κ3) is 3.17. The van der Waals surface area contributed by atoms with Crippen molar-refractivity contribution in [3.05, 3.63) is 23.9 Å². The molecule has 1 aliphatic heterocycles. The number of piperidine rings is 1. The second-order valence-corrected chi connectivity index (χ2v) is 4.42. The SMILES string of the molecule is Cc1cccnc1N1CCC(OCCO)CC1. The lowest BCUT2D eigenvalue weighted by atomic mass is 10.1. The zero-order valence-electron chi connectivity index (χ0n) is 10.3. The van der Waals surface area contributed by atoms with Crippen LogP contribution in [0.3, 0.4) is 0 Å². The molecule has 17 heavy (non-hydrogen) atoms. The predicted octanol–water partition coefficient (Wildman–Crippen LogP) is 1.37. The van der Waals surface area contributed by atoms with E-state index in [9.17, 15) is 0 Å².